The molecule has 0 fully saturated rings. The molecule has 0 aromatic rings. The molecule has 40 valence electrons. The van der Waals surface area contributed by atoms with Crippen LogP contribution in [0.25, 0.3) is 0 Å². The van der Waals surface area contributed by atoms with Crippen molar-refractivity contribution in [3.63, 3.8) is 0 Å². The number of hydrogen-bond donors (Lipinski definition) is 0. The minimum atomic E-state index is -5.17. The van der Waals surface area contributed by atoms with Crippen molar-refractivity contribution in [1.29, 1.82) is 0 Å². The summed E-state index contributed by atoms with van der Waals surface area (Å²) in [6.45, 7) is 0. The van der Waals surface area contributed by atoms with Gasteiger partial charge >= 0.3 is 74.7 Å². The van der Waals surface area contributed by atoms with Gasteiger partial charge < -0.3 is 9.11 Å². The van der Waals surface area contributed by atoms with Gasteiger partial charge in [-0.2, -0.15) is 0 Å². The van der Waals surface area contributed by atoms with Gasteiger partial charge in [0.1, 0.15) is 0 Å². The van der Waals surface area contributed by atoms with Crippen LogP contribution >= 0.6 is 0 Å². The maximum Gasteiger partial charge on any atom is 2.00 e. The van der Waals surface area contributed by atoms with Crippen LogP contribution in [0.2, 0.25) is 0 Å². The largest absolute Gasteiger partial charge is 2.00 e. The zero-order valence-corrected chi connectivity index (χ0v) is 10.1. The molecule has 0 spiro atoms. The van der Waals surface area contributed by atoms with Crippen LogP contribution in [0.15, 0.2) is 0 Å². The fourth-order valence-corrected chi connectivity index (χ4v) is 0. The van der Waals surface area contributed by atoms with E-state index < -0.39 is 10.4 Å². The Morgan fingerprint density at radius 1 is 1.14 bits per heavy atom. The molecule has 0 saturated heterocycles. The molecule has 0 aromatic heterocycles. The predicted octanol–water partition coefficient (Wildman–Crippen LogP) is -4.34. The third kappa shape index (κ3) is 66.1. The zero-order valence-electron chi connectivity index (χ0n) is 3.36. The third-order valence-corrected chi connectivity index (χ3v) is 0. The molecule has 4 nitrogen and oxygen atoms in total. The minimum Gasteiger partial charge on any atom is -0.759 e. The summed E-state index contributed by atoms with van der Waals surface area (Å²) in [5.41, 5.74) is 0. The van der Waals surface area contributed by atoms with Crippen LogP contribution in [0.3, 0.4) is 0 Å². The molecule has 0 atom stereocenters. The van der Waals surface area contributed by atoms with Crippen molar-refractivity contribution in [2.75, 3.05) is 0 Å². The molecule has 0 heterocycles. The first-order valence-corrected chi connectivity index (χ1v) is 2.00. The van der Waals surface area contributed by atoms with E-state index >= 15 is 0 Å². The Hall–Kier alpha value is 2.17. The van der Waals surface area contributed by atoms with Crippen LogP contribution in [0, 0.1) is 0 Å². The Balaban J connectivity index is -0.0000000800. The van der Waals surface area contributed by atoms with Crippen LogP contribution in [0.4, 0.5) is 0 Å². The van der Waals surface area contributed by atoms with Crippen molar-refractivity contribution < 1.29 is 92.2 Å². The smallest absolute Gasteiger partial charge is 0.759 e. The van der Waals surface area contributed by atoms with Gasteiger partial charge in [0.15, 0.2) is 0 Å². The quantitative estimate of drug-likeness (QED) is 0.243. The summed E-state index contributed by atoms with van der Waals surface area (Å²) in [6, 6.07) is 0. The number of rotatable bonds is 0. The first-order valence-electron chi connectivity index (χ1n) is 0.667. The maximum atomic E-state index is 8.52. The van der Waals surface area contributed by atoms with E-state index in [-0.39, 0.29) is 74.7 Å². The van der Waals surface area contributed by atoms with E-state index in [4.69, 9.17) is 17.5 Å². The van der Waals surface area contributed by atoms with Crippen molar-refractivity contribution in [2.24, 2.45) is 0 Å². The molecule has 0 aliphatic heterocycles. The summed E-state index contributed by atoms with van der Waals surface area (Å²) in [6.07, 6.45) is 0. The Morgan fingerprint density at radius 3 is 1.14 bits per heavy atom. The molecule has 0 saturated carbocycles. The van der Waals surface area contributed by atoms with Crippen molar-refractivity contribution in [1.82, 2.24) is 0 Å². The predicted molar refractivity (Wildman–Crippen MR) is 10.5 cm³/mol. The van der Waals surface area contributed by atoms with Gasteiger partial charge in [0.05, 0.1) is 0 Å². The molecule has 0 amide bonds. The van der Waals surface area contributed by atoms with E-state index in [1.54, 1.807) is 0 Å². The SMILES string of the molecule is O=S(=O)([O-])[O-].[Ni+2].[Rb+]. The van der Waals surface area contributed by atoms with Crippen LogP contribution in [0.5, 0.6) is 0 Å². The van der Waals surface area contributed by atoms with E-state index in [1.807, 2.05) is 0 Å². The molecule has 0 aromatic carbocycles. The van der Waals surface area contributed by atoms with Crippen molar-refractivity contribution in [2.45, 2.75) is 0 Å². The van der Waals surface area contributed by atoms with Crippen LogP contribution in [-0.2, 0) is 26.9 Å². The normalized spacial score (nSPS) is 8.29. The van der Waals surface area contributed by atoms with Crippen molar-refractivity contribution in [3.8, 4) is 0 Å². The maximum absolute atomic E-state index is 8.52. The van der Waals surface area contributed by atoms with E-state index in [1.165, 1.54) is 0 Å². The minimum absolute atomic E-state index is 0. The van der Waals surface area contributed by atoms with Crippen LogP contribution in [0.1, 0.15) is 0 Å². The fourth-order valence-electron chi connectivity index (χ4n) is 0. The summed E-state index contributed by atoms with van der Waals surface area (Å²) in [5, 5.41) is 0. The molecular weight excluding hydrogens is 240 g/mol. The molecule has 0 aliphatic carbocycles. The Bertz CT molecular complexity index is 94.9. The fraction of sp³-hybridized carbons (Fsp3) is 0. The second kappa shape index (κ2) is 6.29. The van der Waals surface area contributed by atoms with Gasteiger partial charge in [0.25, 0.3) is 0 Å². The summed E-state index contributed by atoms with van der Waals surface area (Å²) < 4.78 is 34.1. The molecule has 7 heteroatoms. The first kappa shape index (κ1) is 16.1. The molecular formula is NiO4RbS+. The third-order valence-electron chi connectivity index (χ3n) is 0. The van der Waals surface area contributed by atoms with Gasteiger partial charge in [-0.25, -0.2) is 0 Å². The summed E-state index contributed by atoms with van der Waals surface area (Å²) in [7, 11) is -5.17. The summed E-state index contributed by atoms with van der Waals surface area (Å²) >= 11 is 0. The monoisotopic (exact) mass is 239 g/mol. The molecule has 0 rings (SSSR count). The molecule has 0 unspecified atom stereocenters. The van der Waals surface area contributed by atoms with Gasteiger partial charge in [-0.1, -0.05) is 0 Å². The van der Waals surface area contributed by atoms with Crippen LogP contribution < -0.4 is 58.2 Å². The van der Waals surface area contributed by atoms with E-state index in [2.05, 4.69) is 0 Å². The average Bonchev–Trinajstić information content (AvgIpc) is 0.722. The van der Waals surface area contributed by atoms with Crippen LogP contribution in [-0.4, -0.2) is 17.5 Å². The van der Waals surface area contributed by atoms with Crippen molar-refractivity contribution in [3.05, 3.63) is 0 Å². The zero-order chi connectivity index (χ0) is 4.50. The summed E-state index contributed by atoms with van der Waals surface area (Å²) in [5.74, 6) is 0. The standard InChI is InChI=1S/Ni.H2O4S.Rb/c;1-5(2,3)4;/h;(H2,1,2,3,4);/q+2;;+1/p-2. The van der Waals surface area contributed by atoms with Gasteiger partial charge in [0, 0.05) is 10.4 Å². The van der Waals surface area contributed by atoms with E-state index in [9.17, 15) is 0 Å². The molecule has 0 aliphatic rings. The van der Waals surface area contributed by atoms with Gasteiger partial charge in [0.2, 0.25) is 0 Å². The van der Waals surface area contributed by atoms with Gasteiger partial charge in [-0.15, -0.1) is 0 Å². The van der Waals surface area contributed by atoms with Crippen molar-refractivity contribution >= 4 is 10.4 Å². The van der Waals surface area contributed by atoms with E-state index in [0.717, 1.165) is 0 Å². The molecule has 0 bridgehead atoms. The molecule has 0 N–H and O–H groups in total. The van der Waals surface area contributed by atoms with E-state index in [0.29, 0.717) is 0 Å². The average molecular weight is 240 g/mol. The second-order valence-corrected chi connectivity index (χ2v) is 1.22. The van der Waals surface area contributed by atoms with Gasteiger partial charge in [-0.05, 0) is 0 Å². The Kier molecular flexibility index (Phi) is 14.4. The Morgan fingerprint density at radius 2 is 1.14 bits per heavy atom. The Labute approximate surface area is 100 Å². The summed E-state index contributed by atoms with van der Waals surface area (Å²) in [4.78, 5) is 0. The topological polar surface area (TPSA) is 80.3 Å². The molecule has 0 radical (unpaired) electrons. The van der Waals surface area contributed by atoms with Gasteiger partial charge in [-0.3, -0.25) is 8.42 Å². The molecule has 7 heavy (non-hydrogen) atoms. The number of hydrogen-bond acceptors (Lipinski definition) is 4. The second-order valence-electron chi connectivity index (χ2n) is 0.408. The first-order chi connectivity index (χ1) is 2.00.